The molecule has 0 aromatic carbocycles. The minimum absolute atomic E-state index is 0.00375. The van der Waals surface area contributed by atoms with E-state index in [1.807, 2.05) is 20.8 Å². The highest BCUT2D eigenvalue weighted by atomic mass is 32.2. The molecule has 1 aliphatic heterocycles. The van der Waals surface area contributed by atoms with Gasteiger partial charge in [-0.25, -0.2) is 13.2 Å². The summed E-state index contributed by atoms with van der Waals surface area (Å²) in [5, 5.41) is 14.4. The van der Waals surface area contributed by atoms with E-state index in [4.69, 9.17) is 0 Å². The molecule has 1 aromatic heterocycles. The summed E-state index contributed by atoms with van der Waals surface area (Å²) in [5.74, 6) is 0.134. The van der Waals surface area contributed by atoms with E-state index in [1.54, 1.807) is 0 Å². The highest BCUT2D eigenvalue weighted by Gasteiger charge is 2.29. The van der Waals surface area contributed by atoms with Crippen LogP contribution in [0.1, 0.15) is 32.2 Å². The third-order valence-corrected chi connectivity index (χ3v) is 5.89. The number of sulfone groups is 1. The fourth-order valence-electron chi connectivity index (χ4n) is 1.80. The van der Waals surface area contributed by atoms with Gasteiger partial charge in [0, 0.05) is 11.5 Å². The summed E-state index contributed by atoms with van der Waals surface area (Å²) in [6, 6.07) is -0.765. The van der Waals surface area contributed by atoms with E-state index in [0.29, 0.717) is 11.6 Å². The monoisotopic (exact) mass is 318 g/mol. The lowest BCUT2D eigenvalue weighted by molar-refractivity contribution is 0.249. The summed E-state index contributed by atoms with van der Waals surface area (Å²) >= 11 is 1.31. The Labute approximate surface area is 122 Å². The smallest absolute Gasteiger partial charge is 0.321 e. The van der Waals surface area contributed by atoms with Gasteiger partial charge in [0.15, 0.2) is 9.84 Å². The average Bonchev–Trinajstić information content (AvgIpc) is 2.84. The molecule has 20 heavy (non-hydrogen) atoms. The van der Waals surface area contributed by atoms with Crippen LogP contribution in [0.2, 0.25) is 0 Å². The zero-order valence-corrected chi connectivity index (χ0v) is 13.3. The predicted octanol–water partition coefficient (Wildman–Crippen LogP) is 1.14. The number of nitrogens with zero attached hydrogens (tertiary/aromatic N) is 2. The van der Waals surface area contributed by atoms with Crippen molar-refractivity contribution in [3.8, 4) is 0 Å². The first-order chi connectivity index (χ1) is 9.16. The Bertz CT molecular complexity index is 603. The first-order valence-corrected chi connectivity index (χ1v) is 8.91. The van der Waals surface area contributed by atoms with Crippen LogP contribution >= 0.6 is 11.3 Å². The molecule has 0 aliphatic carbocycles. The van der Waals surface area contributed by atoms with Crippen LogP contribution in [-0.4, -0.2) is 42.2 Å². The van der Waals surface area contributed by atoms with Crippen molar-refractivity contribution in [1.82, 2.24) is 15.5 Å². The molecule has 2 rings (SSSR count). The lowest BCUT2D eigenvalue weighted by atomic mass is 9.98. The SMILES string of the molecule is CC(C)(C)c1nnc(NC(=O)NC2CCS(=O)(=O)C2)s1. The van der Waals surface area contributed by atoms with E-state index in [2.05, 4.69) is 20.8 Å². The maximum Gasteiger partial charge on any atom is 0.321 e. The highest BCUT2D eigenvalue weighted by Crippen LogP contribution is 2.27. The van der Waals surface area contributed by atoms with Gasteiger partial charge < -0.3 is 5.32 Å². The number of hydrogen-bond acceptors (Lipinski definition) is 6. The predicted molar refractivity (Wildman–Crippen MR) is 77.8 cm³/mol. The van der Waals surface area contributed by atoms with Crippen molar-refractivity contribution in [3.63, 3.8) is 0 Å². The Kier molecular flexibility index (Phi) is 4.01. The Morgan fingerprint density at radius 2 is 2.05 bits per heavy atom. The van der Waals surface area contributed by atoms with E-state index in [1.165, 1.54) is 11.3 Å². The third kappa shape index (κ3) is 3.89. The molecule has 1 aliphatic rings. The molecule has 1 fully saturated rings. The molecule has 2 heterocycles. The Hall–Kier alpha value is -1.22. The summed E-state index contributed by atoms with van der Waals surface area (Å²) in [6.45, 7) is 6.04. The third-order valence-electron chi connectivity index (χ3n) is 2.85. The van der Waals surface area contributed by atoms with Crippen molar-refractivity contribution in [2.45, 2.75) is 38.6 Å². The number of carbonyl (C=O) groups is 1. The Balaban J connectivity index is 1.91. The summed E-state index contributed by atoms with van der Waals surface area (Å²) in [4.78, 5) is 11.8. The second-order valence-electron chi connectivity index (χ2n) is 5.86. The van der Waals surface area contributed by atoms with Crippen LogP contribution in [0.15, 0.2) is 0 Å². The maximum absolute atomic E-state index is 11.8. The summed E-state index contributed by atoms with van der Waals surface area (Å²) in [6.07, 6.45) is 0.457. The molecule has 7 nitrogen and oxygen atoms in total. The van der Waals surface area contributed by atoms with Gasteiger partial charge in [-0.1, -0.05) is 32.1 Å². The molecule has 1 unspecified atom stereocenters. The Morgan fingerprint density at radius 3 is 2.55 bits per heavy atom. The number of carbonyl (C=O) groups excluding carboxylic acids is 1. The standard InChI is InChI=1S/C11H18N4O3S2/c1-11(2,3)8-14-15-10(19-8)13-9(16)12-7-4-5-20(17,18)6-7/h7H,4-6H2,1-3H3,(H2,12,13,15,16). The van der Waals surface area contributed by atoms with Gasteiger partial charge in [0.25, 0.3) is 0 Å². The molecule has 2 N–H and O–H groups in total. The van der Waals surface area contributed by atoms with Gasteiger partial charge in [0.1, 0.15) is 5.01 Å². The summed E-state index contributed by atoms with van der Waals surface area (Å²) in [5.41, 5.74) is -0.117. The van der Waals surface area contributed by atoms with Gasteiger partial charge in [-0.3, -0.25) is 5.32 Å². The van der Waals surface area contributed by atoms with Crippen molar-refractivity contribution in [1.29, 1.82) is 0 Å². The molecule has 0 radical (unpaired) electrons. The van der Waals surface area contributed by atoms with Gasteiger partial charge in [-0.05, 0) is 6.42 Å². The zero-order valence-electron chi connectivity index (χ0n) is 11.6. The molecule has 2 amide bonds. The second-order valence-corrected chi connectivity index (χ2v) is 9.07. The van der Waals surface area contributed by atoms with Gasteiger partial charge in [-0.15, -0.1) is 10.2 Å². The second kappa shape index (κ2) is 5.28. The molecule has 1 aromatic rings. The minimum atomic E-state index is -3.00. The van der Waals surface area contributed by atoms with Crippen LogP contribution < -0.4 is 10.6 Å². The van der Waals surface area contributed by atoms with Crippen molar-refractivity contribution < 1.29 is 13.2 Å². The fourth-order valence-corrected chi connectivity index (χ4v) is 4.27. The fraction of sp³-hybridized carbons (Fsp3) is 0.727. The van der Waals surface area contributed by atoms with Gasteiger partial charge in [0.05, 0.1) is 11.5 Å². The molecule has 112 valence electrons. The normalized spacial score (nSPS) is 21.6. The first-order valence-electron chi connectivity index (χ1n) is 6.28. The molecular formula is C11H18N4O3S2. The number of rotatable bonds is 2. The van der Waals surface area contributed by atoms with E-state index >= 15 is 0 Å². The number of hydrogen-bond donors (Lipinski definition) is 2. The van der Waals surface area contributed by atoms with E-state index in [-0.39, 0.29) is 23.0 Å². The Morgan fingerprint density at radius 1 is 1.35 bits per heavy atom. The van der Waals surface area contributed by atoms with E-state index < -0.39 is 15.9 Å². The van der Waals surface area contributed by atoms with Crippen molar-refractivity contribution >= 4 is 32.3 Å². The molecule has 9 heteroatoms. The highest BCUT2D eigenvalue weighted by molar-refractivity contribution is 7.91. The first kappa shape index (κ1) is 15.2. The van der Waals surface area contributed by atoms with Gasteiger partial charge in [0.2, 0.25) is 5.13 Å². The molecule has 0 saturated carbocycles. The number of nitrogens with one attached hydrogen (secondary N) is 2. The van der Waals surface area contributed by atoms with Crippen LogP contribution in [-0.2, 0) is 15.3 Å². The van der Waals surface area contributed by atoms with Crippen molar-refractivity contribution in [2.24, 2.45) is 0 Å². The molecule has 1 atom stereocenters. The van der Waals surface area contributed by atoms with Crippen molar-refractivity contribution in [2.75, 3.05) is 16.8 Å². The summed E-state index contributed by atoms with van der Waals surface area (Å²) in [7, 11) is -3.00. The summed E-state index contributed by atoms with van der Waals surface area (Å²) < 4.78 is 22.6. The van der Waals surface area contributed by atoms with Crippen LogP contribution in [0.5, 0.6) is 0 Å². The molecular weight excluding hydrogens is 300 g/mol. The van der Waals surface area contributed by atoms with Crippen LogP contribution in [0.4, 0.5) is 9.93 Å². The number of aromatic nitrogens is 2. The number of amides is 2. The molecule has 0 bridgehead atoms. The van der Waals surface area contributed by atoms with Crippen LogP contribution in [0.25, 0.3) is 0 Å². The number of urea groups is 1. The van der Waals surface area contributed by atoms with Gasteiger partial charge in [-0.2, -0.15) is 0 Å². The zero-order chi connectivity index (χ0) is 15.0. The molecule has 1 saturated heterocycles. The lowest BCUT2D eigenvalue weighted by Gasteiger charge is -2.12. The van der Waals surface area contributed by atoms with Crippen molar-refractivity contribution in [3.05, 3.63) is 5.01 Å². The molecule has 0 spiro atoms. The topological polar surface area (TPSA) is 101 Å². The van der Waals surface area contributed by atoms with Crippen LogP contribution in [0.3, 0.4) is 0 Å². The largest absolute Gasteiger partial charge is 0.334 e. The average molecular weight is 318 g/mol. The number of anilines is 1. The minimum Gasteiger partial charge on any atom is -0.334 e. The maximum atomic E-state index is 11.8. The van der Waals surface area contributed by atoms with Gasteiger partial charge >= 0.3 is 6.03 Å². The van der Waals surface area contributed by atoms with Crippen LogP contribution in [0, 0.1) is 0 Å². The lowest BCUT2D eigenvalue weighted by Crippen LogP contribution is -2.38. The van der Waals surface area contributed by atoms with E-state index in [0.717, 1.165) is 5.01 Å². The quantitative estimate of drug-likeness (QED) is 0.851. The van der Waals surface area contributed by atoms with E-state index in [9.17, 15) is 13.2 Å².